The van der Waals surface area contributed by atoms with E-state index in [0.717, 1.165) is 0 Å². The second kappa shape index (κ2) is 48.5. The van der Waals surface area contributed by atoms with Gasteiger partial charge in [-0.15, -0.1) is 0 Å². The van der Waals surface area contributed by atoms with E-state index in [1.165, 1.54) is 0 Å². The van der Waals surface area contributed by atoms with Crippen molar-refractivity contribution in [2.45, 2.75) is 27.7 Å². The maximum absolute atomic E-state index is 4.89. The molecule has 0 heterocycles. The van der Waals surface area contributed by atoms with Crippen LogP contribution in [0.3, 0.4) is 0 Å². The summed E-state index contributed by atoms with van der Waals surface area (Å²) < 4.78 is 0. The van der Waals surface area contributed by atoms with Crippen LogP contribution in [0.4, 0.5) is 0 Å². The molecule has 0 aliphatic heterocycles. The van der Waals surface area contributed by atoms with Crippen LogP contribution in [0.25, 0.3) is 0 Å². The van der Waals surface area contributed by atoms with Crippen molar-refractivity contribution in [1.29, 1.82) is 0 Å². The van der Waals surface area contributed by atoms with E-state index in [4.69, 9.17) is 18.6 Å². The maximum atomic E-state index is 4.89. The standard InChI is InChI=1S/2C3H7.2ClH.H2O.Ti/c2*1-3-2;;;;/h2*3H,1-2H3;2*1H;1H2;/q2*-1;;;;+2/p-2. The molecule has 0 atom stereocenters. The molecule has 0 fully saturated rings. The summed E-state index contributed by atoms with van der Waals surface area (Å²) in [6.45, 7) is 8.00. The quantitative estimate of drug-likeness (QED) is 0.446. The molecule has 0 aromatic heterocycles. The predicted molar refractivity (Wildman–Crippen MR) is 46.6 cm³/mol. The molecule has 0 saturated carbocycles. The normalized spacial score (nSPS) is 5.00. The third kappa shape index (κ3) is 401. The Morgan fingerprint density at radius 2 is 0.900 bits per heavy atom. The van der Waals surface area contributed by atoms with E-state index in [2.05, 4.69) is 0 Å². The molecule has 0 radical (unpaired) electrons. The Kier molecular flexibility index (Phi) is 109. The first kappa shape index (κ1) is 22.5. The van der Waals surface area contributed by atoms with Gasteiger partial charge >= 0.3 is 35.6 Å². The predicted octanol–water partition coefficient (Wildman–Crippen LogP) is 3.01. The molecule has 0 spiro atoms. The average Bonchev–Trinajstić information content (AvgIpc) is 1.70. The van der Waals surface area contributed by atoms with E-state index >= 15 is 0 Å². The van der Waals surface area contributed by atoms with Gasteiger partial charge in [-0.25, -0.2) is 0 Å². The summed E-state index contributed by atoms with van der Waals surface area (Å²) in [4.78, 5) is 0. The molecule has 66 valence electrons. The molecule has 1 nitrogen and oxygen atoms in total. The van der Waals surface area contributed by atoms with E-state index < -0.39 is 17.0 Å². The minimum atomic E-state index is -0.556. The zero-order chi connectivity index (χ0) is 8.12. The van der Waals surface area contributed by atoms with Crippen molar-refractivity contribution in [3.8, 4) is 0 Å². The molecule has 0 amide bonds. The Labute approximate surface area is 81.5 Å². The van der Waals surface area contributed by atoms with Gasteiger partial charge in [-0.3, -0.25) is 0 Å². The number of rotatable bonds is 0. The Hall–Kier alpha value is 1.25. The van der Waals surface area contributed by atoms with Crippen LogP contribution in [0.2, 0.25) is 0 Å². The summed E-state index contributed by atoms with van der Waals surface area (Å²) in [5, 5.41) is 0. The molecule has 0 aromatic rings. The van der Waals surface area contributed by atoms with E-state index in [-0.39, 0.29) is 5.48 Å². The Morgan fingerprint density at radius 1 is 0.900 bits per heavy atom. The molecule has 4 heteroatoms. The van der Waals surface area contributed by atoms with Crippen molar-refractivity contribution in [2.24, 2.45) is 0 Å². The number of hydrogen-bond acceptors (Lipinski definition) is 0. The van der Waals surface area contributed by atoms with E-state index in [1.807, 2.05) is 40.5 Å². The van der Waals surface area contributed by atoms with Gasteiger partial charge in [0.2, 0.25) is 0 Å². The molecule has 0 rings (SSSR count). The van der Waals surface area contributed by atoms with Crippen LogP contribution in [0.15, 0.2) is 0 Å². The second-order valence-corrected chi connectivity index (χ2v) is 3.81. The van der Waals surface area contributed by atoms with Crippen molar-refractivity contribution in [3.05, 3.63) is 12.8 Å². The molecular weight excluding hydrogens is 207 g/mol. The van der Waals surface area contributed by atoms with Crippen LogP contribution >= 0.6 is 18.6 Å². The SMILES string of the molecule is C[CH-]C.C[CH-]C.O.[Cl][Ti][Cl]. The molecule has 10 heavy (non-hydrogen) atoms. The summed E-state index contributed by atoms with van der Waals surface area (Å²) in [5.41, 5.74) is 0. The van der Waals surface area contributed by atoms with Crippen LogP contribution in [-0.4, -0.2) is 5.48 Å². The molecular formula is C6H16Cl2OTi-2. The van der Waals surface area contributed by atoms with Gasteiger partial charge < -0.3 is 18.3 Å². The van der Waals surface area contributed by atoms with Crippen LogP contribution in [0.1, 0.15) is 27.7 Å². The summed E-state index contributed by atoms with van der Waals surface area (Å²) in [7, 11) is 9.78. The van der Waals surface area contributed by atoms with Gasteiger partial charge in [0.25, 0.3) is 0 Å². The van der Waals surface area contributed by atoms with Crippen molar-refractivity contribution >= 4 is 18.6 Å². The second-order valence-electron chi connectivity index (χ2n) is 1.23. The van der Waals surface area contributed by atoms with Crippen molar-refractivity contribution in [1.82, 2.24) is 0 Å². The van der Waals surface area contributed by atoms with Crippen LogP contribution in [0.5, 0.6) is 0 Å². The fraction of sp³-hybridized carbons (Fsp3) is 0.667. The molecule has 0 aromatic carbocycles. The third-order valence-electron chi connectivity index (χ3n) is 0. The minimum absolute atomic E-state index is 0. The van der Waals surface area contributed by atoms with Crippen molar-refractivity contribution in [3.63, 3.8) is 0 Å². The Bertz CT molecular complexity index is 20.5. The van der Waals surface area contributed by atoms with Crippen molar-refractivity contribution in [2.75, 3.05) is 0 Å². The zero-order valence-corrected chi connectivity index (χ0v) is 9.98. The first-order valence-electron chi connectivity index (χ1n) is 2.69. The molecule has 0 aliphatic rings. The summed E-state index contributed by atoms with van der Waals surface area (Å²) >= 11 is -0.556. The van der Waals surface area contributed by atoms with Gasteiger partial charge in [0.05, 0.1) is 0 Å². The Morgan fingerprint density at radius 3 is 0.900 bits per heavy atom. The third-order valence-corrected chi connectivity index (χ3v) is 0. The van der Waals surface area contributed by atoms with E-state index in [1.54, 1.807) is 0 Å². The van der Waals surface area contributed by atoms with Crippen LogP contribution in [-0.2, 0) is 17.0 Å². The fourth-order valence-corrected chi connectivity index (χ4v) is 0. The summed E-state index contributed by atoms with van der Waals surface area (Å²) in [6.07, 6.45) is 4.00. The van der Waals surface area contributed by atoms with Gasteiger partial charge in [-0.05, 0) is 0 Å². The zero-order valence-electron chi connectivity index (χ0n) is 6.91. The van der Waals surface area contributed by atoms with Gasteiger partial charge in [0.1, 0.15) is 0 Å². The molecule has 0 saturated heterocycles. The summed E-state index contributed by atoms with van der Waals surface area (Å²) in [6, 6.07) is 0. The van der Waals surface area contributed by atoms with Gasteiger partial charge in [0, 0.05) is 0 Å². The summed E-state index contributed by atoms with van der Waals surface area (Å²) in [5.74, 6) is 0. The topological polar surface area (TPSA) is 31.5 Å². The van der Waals surface area contributed by atoms with Gasteiger partial charge in [-0.2, -0.15) is 27.7 Å². The van der Waals surface area contributed by atoms with Crippen molar-refractivity contribution < 1.29 is 22.5 Å². The molecule has 0 bridgehead atoms. The first-order chi connectivity index (χ1) is 4.24. The van der Waals surface area contributed by atoms with Gasteiger partial charge in [0.15, 0.2) is 0 Å². The van der Waals surface area contributed by atoms with E-state index in [0.29, 0.717) is 0 Å². The number of halogens is 2. The monoisotopic (exact) mass is 222 g/mol. The average molecular weight is 223 g/mol. The van der Waals surface area contributed by atoms with Gasteiger partial charge in [-0.1, -0.05) is 0 Å². The van der Waals surface area contributed by atoms with Crippen LogP contribution in [0, 0.1) is 12.8 Å². The number of hydrogen-bond donors (Lipinski definition) is 0. The molecule has 0 aliphatic carbocycles. The Balaban J connectivity index is -0.0000000257. The van der Waals surface area contributed by atoms with E-state index in [9.17, 15) is 0 Å². The van der Waals surface area contributed by atoms with Crippen LogP contribution < -0.4 is 0 Å². The molecule has 2 N–H and O–H groups in total. The fourth-order valence-electron chi connectivity index (χ4n) is 0. The first-order valence-corrected chi connectivity index (χ1v) is 6.98. The molecule has 0 unspecified atom stereocenters.